The third kappa shape index (κ3) is 3.94. The summed E-state index contributed by atoms with van der Waals surface area (Å²) in [6.07, 6.45) is 5.77. The van der Waals surface area contributed by atoms with Gasteiger partial charge in [-0.05, 0) is 19.4 Å². The molecule has 1 saturated heterocycles. The Morgan fingerprint density at radius 1 is 1.35 bits per heavy atom. The van der Waals surface area contributed by atoms with Crippen molar-refractivity contribution in [1.29, 1.82) is 0 Å². The second-order valence-corrected chi connectivity index (χ2v) is 5.35. The molecule has 0 bridgehead atoms. The first-order valence-electron chi connectivity index (χ1n) is 6.98. The van der Waals surface area contributed by atoms with Crippen molar-refractivity contribution >= 4 is 0 Å². The minimum absolute atomic E-state index is 0.0188. The minimum atomic E-state index is -0.0188. The van der Waals surface area contributed by atoms with E-state index in [0.29, 0.717) is 6.04 Å². The zero-order chi connectivity index (χ0) is 12.7. The molecule has 1 aliphatic rings. The SMILES string of the molecule is CCCC(C)CC(NC)C1(OC)CCOCC1. The molecule has 2 atom stereocenters. The third-order valence-corrected chi connectivity index (χ3v) is 4.15. The average molecular weight is 243 g/mol. The van der Waals surface area contributed by atoms with E-state index < -0.39 is 0 Å². The average Bonchev–Trinajstić information content (AvgIpc) is 2.37. The molecule has 1 rings (SSSR count). The first kappa shape index (κ1) is 14.9. The Hall–Kier alpha value is -0.120. The predicted octanol–water partition coefficient (Wildman–Crippen LogP) is 2.60. The van der Waals surface area contributed by atoms with Gasteiger partial charge in [0.05, 0.1) is 5.60 Å². The van der Waals surface area contributed by atoms with Gasteiger partial charge >= 0.3 is 0 Å². The second-order valence-electron chi connectivity index (χ2n) is 5.35. The maximum atomic E-state index is 5.87. The van der Waals surface area contributed by atoms with Gasteiger partial charge in [0.1, 0.15) is 0 Å². The zero-order valence-corrected chi connectivity index (χ0v) is 11.9. The van der Waals surface area contributed by atoms with Crippen molar-refractivity contribution in [1.82, 2.24) is 5.32 Å². The van der Waals surface area contributed by atoms with Crippen molar-refractivity contribution in [3.63, 3.8) is 0 Å². The molecular weight excluding hydrogens is 214 g/mol. The summed E-state index contributed by atoms with van der Waals surface area (Å²) in [4.78, 5) is 0. The van der Waals surface area contributed by atoms with Crippen molar-refractivity contribution in [3.8, 4) is 0 Å². The van der Waals surface area contributed by atoms with E-state index in [1.807, 2.05) is 7.11 Å². The quantitative estimate of drug-likeness (QED) is 0.745. The normalized spacial score (nSPS) is 23.3. The van der Waals surface area contributed by atoms with Crippen molar-refractivity contribution in [3.05, 3.63) is 0 Å². The summed E-state index contributed by atoms with van der Waals surface area (Å²) in [5.41, 5.74) is -0.0188. The highest BCUT2D eigenvalue weighted by Crippen LogP contribution is 2.32. The lowest BCUT2D eigenvalue weighted by atomic mass is 9.81. The largest absolute Gasteiger partial charge is 0.381 e. The monoisotopic (exact) mass is 243 g/mol. The molecule has 0 radical (unpaired) electrons. The topological polar surface area (TPSA) is 30.5 Å². The number of hydrogen-bond acceptors (Lipinski definition) is 3. The Morgan fingerprint density at radius 2 is 2.00 bits per heavy atom. The van der Waals surface area contributed by atoms with Crippen LogP contribution in [0.5, 0.6) is 0 Å². The van der Waals surface area contributed by atoms with Gasteiger partial charge in [-0.15, -0.1) is 0 Å². The molecule has 102 valence electrons. The van der Waals surface area contributed by atoms with E-state index >= 15 is 0 Å². The van der Waals surface area contributed by atoms with Gasteiger partial charge in [0.25, 0.3) is 0 Å². The summed E-state index contributed by atoms with van der Waals surface area (Å²) in [5, 5.41) is 3.47. The highest BCUT2D eigenvalue weighted by Gasteiger charge is 2.40. The second kappa shape index (κ2) is 7.34. The highest BCUT2D eigenvalue weighted by atomic mass is 16.5. The molecule has 3 nitrogen and oxygen atoms in total. The Balaban J connectivity index is 2.61. The molecule has 0 aliphatic carbocycles. The fraction of sp³-hybridized carbons (Fsp3) is 1.00. The fourth-order valence-corrected chi connectivity index (χ4v) is 3.02. The predicted molar refractivity (Wildman–Crippen MR) is 71.3 cm³/mol. The number of ether oxygens (including phenoxy) is 2. The maximum absolute atomic E-state index is 5.87. The Bertz CT molecular complexity index is 202. The van der Waals surface area contributed by atoms with Gasteiger partial charge in [-0.2, -0.15) is 0 Å². The number of rotatable bonds is 7. The molecule has 0 saturated carbocycles. The van der Waals surface area contributed by atoms with Gasteiger partial charge < -0.3 is 14.8 Å². The summed E-state index contributed by atoms with van der Waals surface area (Å²) in [6, 6.07) is 0.443. The summed E-state index contributed by atoms with van der Waals surface area (Å²) >= 11 is 0. The van der Waals surface area contributed by atoms with Crippen LogP contribution in [-0.4, -0.2) is 39.0 Å². The van der Waals surface area contributed by atoms with Crippen LogP contribution >= 0.6 is 0 Å². The van der Waals surface area contributed by atoms with Crippen LogP contribution in [-0.2, 0) is 9.47 Å². The Morgan fingerprint density at radius 3 is 2.47 bits per heavy atom. The third-order valence-electron chi connectivity index (χ3n) is 4.15. The molecule has 1 aliphatic heterocycles. The first-order valence-corrected chi connectivity index (χ1v) is 6.98. The summed E-state index contributed by atoms with van der Waals surface area (Å²) < 4.78 is 11.3. The van der Waals surface area contributed by atoms with Gasteiger partial charge in [-0.1, -0.05) is 26.7 Å². The molecule has 0 aromatic rings. The van der Waals surface area contributed by atoms with Crippen LogP contribution in [0.15, 0.2) is 0 Å². The van der Waals surface area contributed by atoms with Crippen LogP contribution in [0.1, 0.15) is 46.0 Å². The first-order chi connectivity index (χ1) is 8.18. The molecule has 0 aromatic carbocycles. The lowest BCUT2D eigenvalue weighted by Crippen LogP contribution is -2.54. The Kier molecular flexibility index (Phi) is 6.45. The van der Waals surface area contributed by atoms with Crippen LogP contribution in [0.25, 0.3) is 0 Å². The van der Waals surface area contributed by atoms with E-state index in [1.165, 1.54) is 19.3 Å². The van der Waals surface area contributed by atoms with E-state index in [-0.39, 0.29) is 5.60 Å². The lowest BCUT2D eigenvalue weighted by molar-refractivity contribution is -0.112. The Labute approximate surface area is 106 Å². The molecule has 1 fully saturated rings. The smallest absolute Gasteiger partial charge is 0.0874 e. The number of likely N-dealkylation sites (N-methyl/N-ethyl adjacent to an activating group) is 1. The van der Waals surface area contributed by atoms with Gasteiger partial charge in [-0.3, -0.25) is 0 Å². The fourth-order valence-electron chi connectivity index (χ4n) is 3.02. The van der Waals surface area contributed by atoms with Gasteiger partial charge in [0.2, 0.25) is 0 Å². The van der Waals surface area contributed by atoms with Gasteiger partial charge in [-0.25, -0.2) is 0 Å². The highest BCUT2D eigenvalue weighted by molar-refractivity contribution is 4.94. The van der Waals surface area contributed by atoms with Crippen LogP contribution in [0.4, 0.5) is 0 Å². The van der Waals surface area contributed by atoms with Crippen molar-refractivity contribution in [2.24, 2.45) is 5.92 Å². The number of methoxy groups -OCH3 is 1. The van der Waals surface area contributed by atoms with Crippen LogP contribution in [0.2, 0.25) is 0 Å². The standard InChI is InChI=1S/C14H29NO2/c1-5-6-12(2)11-13(15-3)14(16-4)7-9-17-10-8-14/h12-13,15H,5-11H2,1-4H3. The summed E-state index contributed by atoms with van der Waals surface area (Å²) in [5.74, 6) is 0.757. The van der Waals surface area contributed by atoms with Gasteiger partial charge in [0.15, 0.2) is 0 Å². The van der Waals surface area contributed by atoms with Crippen molar-refractivity contribution < 1.29 is 9.47 Å². The number of nitrogens with one attached hydrogen (secondary N) is 1. The van der Waals surface area contributed by atoms with E-state index in [4.69, 9.17) is 9.47 Å². The zero-order valence-electron chi connectivity index (χ0n) is 11.9. The molecule has 2 unspecified atom stereocenters. The molecule has 0 amide bonds. The van der Waals surface area contributed by atoms with Crippen molar-refractivity contribution in [2.75, 3.05) is 27.4 Å². The van der Waals surface area contributed by atoms with E-state index in [2.05, 4.69) is 26.2 Å². The molecule has 1 N–H and O–H groups in total. The van der Waals surface area contributed by atoms with Crippen molar-refractivity contribution in [2.45, 2.75) is 57.6 Å². The minimum Gasteiger partial charge on any atom is -0.381 e. The van der Waals surface area contributed by atoms with Crippen LogP contribution in [0, 0.1) is 5.92 Å². The molecule has 3 heteroatoms. The van der Waals surface area contributed by atoms with Gasteiger partial charge in [0, 0.05) is 39.2 Å². The molecule has 0 aromatic heterocycles. The maximum Gasteiger partial charge on any atom is 0.0874 e. The van der Waals surface area contributed by atoms with E-state index in [0.717, 1.165) is 32.0 Å². The number of hydrogen-bond donors (Lipinski definition) is 1. The lowest BCUT2D eigenvalue weighted by Gasteiger charge is -2.43. The summed E-state index contributed by atoms with van der Waals surface area (Å²) in [6.45, 7) is 6.25. The van der Waals surface area contributed by atoms with Crippen LogP contribution < -0.4 is 5.32 Å². The molecule has 1 heterocycles. The van der Waals surface area contributed by atoms with E-state index in [9.17, 15) is 0 Å². The van der Waals surface area contributed by atoms with E-state index in [1.54, 1.807) is 0 Å². The molecular formula is C14H29NO2. The molecule has 0 spiro atoms. The molecule has 17 heavy (non-hydrogen) atoms. The van der Waals surface area contributed by atoms with Crippen LogP contribution in [0.3, 0.4) is 0 Å². The summed E-state index contributed by atoms with van der Waals surface area (Å²) in [7, 11) is 3.90.